The highest BCUT2D eigenvalue weighted by Crippen LogP contribution is 2.25. The average molecular weight is 280 g/mol. The molecule has 2 nitrogen and oxygen atoms in total. The van der Waals surface area contributed by atoms with E-state index in [0.717, 1.165) is 6.08 Å². The molecule has 0 amide bonds. The summed E-state index contributed by atoms with van der Waals surface area (Å²) in [5, 5.41) is 7.36. The van der Waals surface area contributed by atoms with Gasteiger partial charge in [-0.05, 0) is 13.3 Å². The van der Waals surface area contributed by atoms with Crippen LogP contribution in [0.3, 0.4) is 0 Å². The number of alkyl halides is 4. The van der Waals surface area contributed by atoms with Crippen molar-refractivity contribution in [3.63, 3.8) is 0 Å². The summed E-state index contributed by atoms with van der Waals surface area (Å²) in [6.07, 6.45) is 1.43. The normalized spacial score (nSPS) is 16.9. The first-order valence-corrected chi connectivity index (χ1v) is 5.55. The minimum Gasteiger partial charge on any atom is -0.478 e. The van der Waals surface area contributed by atoms with E-state index in [0.29, 0.717) is 12.0 Å². The lowest BCUT2D eigenvalue weighted by Gasteiger charge is -2.16. The van der Waals surface area contributed by atoms with Gasteiger partial charge in [-0.25, -0.2) is 4.79 Å². The van der Waals surface area contributed by atoms with Crippen molar-refractivity contribution in [2.45, 2.75) is 28.9 Å². The van der Waals surface area contributed by atoms with Crippen LogP contribution in [0.25, 0.3) is 0 Å². The van der Waals surface area contributed by atoms with E-state index in [-0.39, 0.29) is 0 Å². The van der Waals surface area contributed by atoms with Crippen molar-refractivity contribution in [1.82, 2.24) is 0 Å². The van der Waals surface area contributed by atoms with Gasteiger partial charge < -0.3 is 5.11 Å². The molecule has 0 saturated carbocycles. The Morgan fingerprint density at radius 2 is 1.86 bits per heavy atom. The molecular formula is C8H10Cl4O2. The number of halogens is 4. The summed E-state index contributed by atoms with van der Waals surface area (Å²) >= 11 is 22.7. The lowest BCUT2D eigenvalue weighted by atomic mass is 10.1. The number of allylic oxidation sites excluding steroid dienone is 1. The van der Waals surface area contributed by atoms with Gasteiger partial charge in [-0.3, -0.25) is 0 Å². The van der Waals surface area contributed by atoms with Crippen LogP contribution in [0.5, 0.6) is 0 Å². The number of carboxylic acids is 1. The van der Waals surface area contributed by atoms with Crippen molar-refractivity contribution in [2.24, 2.45) is 0 Å². The average Bonchev–Trinajstić information content (AvgIpc) is 2.00. The summed E-state index contributed by atoms with van der Waals surface area (Å²) in [5.74, 6) is -1.01. The molecule has 6 heteroatoms. The van der Waals surface area contributed by atoms with Crippen molar-refractivity contribution in [3.05, 3.63) is 11.6 Å². The smallest absolute Gasteiger partial charge is 0.328 e. The van der Waals surface area contributed by atoms with Crippen LogP contribution < -0.4 is 0 Å². The van der Waals surface area contributed by atoms with Crippen LogP contribution in [0.2, 0.25) is 0 Å². The number of hydrogen-bond acceptors (Lipinski definition) is 1. The summed E-state index contributed by atoms with van der Waals surface area (Å²) in [5.41, 5.74) is 0.622. The number of hydrogen-bond donors (Lipinski definition) is 1. The topological polar surface area (TPSA) is 37.3 Å². The highest BCUT2D eigenvalue weighted by atomic mass is 35.5. The fraction of sp³-hybridized carbons (Fsp3) is 0.625. The summed E-state index contributed by atoms with van der Waals surface area (Å²) < 4.78 is 0. The van der Waals surface area contributed by atoms with Gasteiger partial charge in [0.1, 0.15) is 4.84 Å². The monoisotopic (exact) mass is 278 g/mol. The number of carbonyl (C=O) groups is 1. The molecule has 0 saturated heterocycles. The van der Waals surface area contributed by atoms with Gasteiger partial charge >= 0.3 is 5.97 Å². The van der Waals surface area contributed by atoms with E-state index < -0.39 is 21.6 Å². The van der Waals surface area contributed by atoms with Crippen LogP contribution in [0.4, 0.5) is 0 Å². The Bertz CT molecular complexity index is 227. The molecule has 0 aliphatic carbocycles. The molecule has 0 aromatic carbocycles. The minimum atomic E-state index is -1.01. The molecule has 2 atom stereocenters. The van der Waals surface area contributed by atoms with Crippen molar-refractivity contribution in [3.8, 4) is 0 Å². The van der Waals surface area contributed by atoms with E-state index in [2.05, 4.69) is 0 Å². The van der Waals surface area contributed by atoms with Crippen molar-refractivity contribution in [2.75, 3.05) is 0 Å². The SMILES string of the molecule is C/C(=C/C(=O)O)CC(Cl)C(Cl)C(Cl)Cl. The molecule has 82 valence electrons. The lowest BCUT2D eigenvalue weighted by Crippen LogP contribution is -2.22. The van der Waals surface area contributed by atoms with E-state index in [1.54, 1.807) is 6.92 Å². The number of aliphatic carboxylic acids is 1. The van der Waals surface area contributed by atoms with Gasteiger partial charge in [0.15, 0.2) is 0 Å². The van der Waals surface area contributed by atoms with E-state index in [1.807, 2.05) is 0 Å². The van der Waals surface area contributed by atoms with Crippen molar-refractivity contribution in [1.29, 1.82) is 0 Å². The van der Waals surface area contributed by atoms with Gasteiger partial charge in [-0.2, -0.15) is 0 Å². The Morgan fingerprint density at radius 3 is 2.21 bits per heavy atom. The van der Waals surface area contributed by atoms with E-state index >= 15 is 0 Å². The Morgan fingerprint density at radius 1 is 1.36 bits per heavy atom. The second-order valence-electron chi connectivity index (χ2n) is 2.83. The predicted octanol–water partition coefficient (Wildman–Crippen LogP) is 3.43. The maximum Gasteiger partial charge on any atom is 0.328 e. The molecular weight excluding hydrogens is 270 g/mol. The third-order valence-corrected chi connectivity index (χ3v) is 3.38. The molecule has 2 unspecified atom stereocenters. The Kier molecular flexibility index (Phi) is 6.96. The first-order valence-electron chi connectivity index (χ1n) is 3.81. The maximum absolute atomic E-state index is 10.3. The van der Waals surface area contributed by atoms with Gasteiger partial charge in [-0.1, -0.05) is 5.57 Å². The molecule has 0 rings (SSSR count). The van der Waals surface area contributed by atoms with Crippen LogP contribution in [0, 0.1) is 0 Å². The van der Waals surface area contributed by atoms with Crippen LogP contribution in [0.1, 0.15) is 13.3 Å². The third kappa shape index (κ3) is 5.97. The molecule has 0 aliphatic heterocycles. The molecule has 0 aromatic rings. The number of carboxylic acid groups (broad SMARTS) is 1. The van der Waals surface area contributed by atoms with E-state index in [1.165, 1.54) is 0 Å². The largest absolute Gasteiger partial charge is 0.478 e. The molecule has 0 spiro atoms. The molecule has 0 aromatic heterocycles. The molecule has 0 radical (unpaired) electrons. The minimum absolute atomic E-state index is 0.345. The van der Waals surface area contributed by atoms with Crippen LogP contribution in [0.15, 0.2) is 11.6 Å². The van der Waals surface area contributed by atoms with Crippen molar-refractivity contribution < 1.29 is 9.90 Å². The van der Waals surface area contributed by atoms with E-state index in [9.17, 15) is 4.79 Å². The summed E-state index contributed by atoms with van der Waals surface area (Å²) in [6, 6.07) is 0. The number of rotatable bonds is 5. The zero-order valence-corrected chi connectivity index (χ0v) is 10.4. The molecule has 0 heterocycles. The molecule has 0 aliphatic rings. The summed E-state index contributed by atoms with van der Waals surface area (Å²) in [6.45, 7) is 1.66. The second-order valence-corrected chi connectivity index (χ2v) is 5.06. The van der Waals surface area contributed by atoms with Gasteiger partial charge in [0.2, 0.25) is 0 Å². The maximum atomic E-state index is 10.3. The van der Waals surface area contributed by atoms with Crippen LogP contribution in [-0.2, 0) is 4.79 Å². The fourth-order valence-electron chi connectivity index (χ4n) is 0.848. The summed E-state index contributed by atoms with van der Waals surface area (Å²) in [4.78, 5) is 9.52. The first-order chi connectivity index (χ1) is 6.34. The van der Waals surface area contributed by atoms with Crippen molar-refractivity contribution >= 4 is 52.4 Å². The van der Waals surface area contributed by atoms with Crippen LogP contribution >= 0.6 is 46.4 Å². The second kappa shape index (κ2) is 6.78. The molecule has 0 bridgehead atoms. The quantitative estimate of drug-likeness (QED) is 0.618. The predicted molar refractivity (Wildman–Crippen MR) is 60.8 cm³/mol. The highest BCUT2D eigenvalue weighted by molar-refractivity contribution is 6.49. The third-order valence-electron chi connectivity index (χ3n) is 1.47. The molecule has 1 N–H and O–H groups in total. The first kappa shape index (κ1) is 14.4. The highest BCUT2D eigenvalue weighted by Gasteiger charge is 2.23. The molecule has 14 heavy (non-hydrogen) atoms. The van der Waals surface area contributed by atoms with E-state index in [4.69, 9.17) is 51.5 Å². The molecule has 0 fully saturated rings. The Hall–Kier alpha value is 0.370. The standard InChI is InChI=1S/C8H10Cl4O2/c1-4(3-6(13)14)2-5(9)7(10)8(11)12/h3,5,7-8H,2H2,1H3,(H,13,14)/b4-3-. The van der Waals surface area contributed by atoms with Gasteiger partial charge in [0, 0.05) is 6.08 Å². The fourth-order valence-corrected chi connectivity index (χ4v) is 1.83. The zero-order chi connectivity index (χ0) is 11.3. The Labute approximate surface area is 103 Å². The lowest BCUT2D eigenvalue weighted by molar-refractivity contribution is -0.131. The van der Waals surface area contributed by atoms with Crippen LogP contribution in [-0.4, -0.2) is 26.7 Å². The van der Waals surface area contributed by atoms with Gasteiger partial charge in [0.25, 0.3) is 0 Å². The Balaban J connectivity index is 4.18. The summed E-state index contributed by atoms with van der Waals surface area (Å²) in [7, 11) is 0. The van der Waals surface area contributed by atoms with Gasteiger partial charge in [-0.15, -0.1) is 46.4 Å². The van der Waals surface area contributed by atoms with Gasteiger partial charge in [0.05, 0.1) is 10.8 Å². The zero-order valence-electron chi connectivity index (χ0n) is 7.38.